The molecule has 0 spiro atoms. The van der Waals surface area contributed by atoms with Gasteiger partial charge in [0.15, 0.2) is 0 Å². The van der Waals surface area contributed by atoms with Crippen LogP contribution in [0.1, 0.15) is 51.9 Å². The van der Waals surface area contributed by atoms with Gasteiger partial charge in [0.1, 0.15) is 0 Å². The molecule has 0 radical (unpaired) electrons. The van der Waals surface area contributed by atoms with E-state index in [1.54, 1.807) is 0 Å². The predicted octanol–water partition coefficient (Wildman–Crippen LogP) is 2.40. The number of hydrogen-bond donors (Lipinski definition) is 1. The first-order chi connectivity index (χ1) is 8.76. The summed E-state index contributed by atoms with van der Waals surface area (Å²) in [5.41, 5.74) is 5.80. The van der Waals surface area contributed by atoms with Crippen molar-refractivity contribution in [1.82, 2.24) is 4.90 Å². The van der Waals surface area contributed by atoms with Crippen molar-refractivity contribution in [3.05, 3.63) is 0 Å². The average Bonchev–Trinajstić information content (AvgIpc) is 2.87. The molecule has 104 valence electrons. The van der Waals surface area contributed by atoms with Gasteiger partial charge in [0.05, 0.1) is 0 Å². The van der Waals surface area contributed by atoms with Crippen molar-refractivity contribution in [2.24, 2.45) is 23.5 Å². The van der Waals surface area contributed by atoms with Crippen molar-refractivity contribution in [2.45, 2.75) is 51.9 Å². The quantitative estimate of drug-likeness (QED) is 0.835. The summed E-state index contributed by atoms with van der Waals surface area (Å²) in [5.74, 6) is 1.83. The van der Waals surface area contributed by atoms with Gasteiger partial charge < -0.3 is 10.6 Å². The van der Waals surface area contributed by atoms with Crippen LogP contribution in [0.3, 0.4) is 0 Å². The van der Waals surface area contributed by atoms with E-state index < -0.39 is 0 Å². The minimum absolute atomic E-state index is 0.232. The van der Waals surface area contributed by atoms with E-state index in [0.717, 1.165) is 31.8 Å². The normalized spacial score (nSPS) is 32.8. The summed E-state index contributed by atoms with van der Waals surface area (Å²) in [6, 6.07) is 0. The van der Waals surface area contributed by atoms with Gasteiger partial charge in [-0.1, -0.05) is 19.8 Å². The number of carbonyl (C=O) groups is 1. The first-order valence-electron chi connectivity index (χ1n) is 7.75. The van der Waals surface area contributed by atoms with Crippen molar-refractivity contribution < 1.29 is 4.79 Å². The molecule has 1 saturated heterocycles. The molecule has 3 heteroatoms. The standard InChI is InChI=1S/C15H28N2O/c1-2-5-12-6-4-9-17(11-12)15(18)14-8-3-7-13(14)10-16/h12-14H,2-11,16H2,1H3/t12?,13-,14-/m1/s1. The lowest BCUT2D eigenvalue weighted by atomic mass is 9.90. The molecule has 1 amide bonds. The lowest BCUT2D eigenvalue weighted by Gasteiger charge is -2.35. The van der Waals surface area contributed by atoms with Crippen LogP contribution in [0.5, 0.6) is 0 Å². The maximum Gasteiger partial charge on any atom is 0.226 e. The molecule has 0 aromatic heterocycles. The van der Waals surface area contributed by atoms with Gasteiger partial charge in [-0.25, -0.2) is 0 Å². The smallest absolute Gasteiger partial charge is 0.226 e. The maximum absolute atomic E-state index is 12.6. The number of carbonyl (C=O) groups excluding carboxylic acids is 1. The maximum atomic E-state index is 12.6. The molecular weight excluding hydrogens is 224 g/mol. The Morgan fingerprint density at radius 1 is 1.28 bits per heavy atom. The fourth-order valence-corrected chi connectivity index (χ4v) is 3.79. The summed E-state index contributed by atoms with van der Waals surface area (Å²) in [6.07, 6.45) is 8.41. The lowest BCUT2D eigenvalue weighted by Crippen LogP contribution is -2.44. The van der Waals surface area contributed by atoms with E-state index >= 15 is 0 Å². The van der Waals surface area contributed by atoms with E-state index in [1.807, 2.05) is 0 Å². The van der Waals surface area contributed by atoms with Gasteiger partial charge in [-0.2, -0.15) is 0 Å². The molecular formula is C15H28N2O. The zero-order valence-electron chi connectivity index (χ0n) is 11.7. The second-order valence-corrected chi connectivity index (χ2v) is 6.11. The van der Waals surface area contributed by atoms with Gasteiger partial charge in [-0.15, -0.1) is 0 Å². The predicted molar refractivity (Wildman–Crippen MR) is 74.1 cm³/mol. The Labute approximate surface area is 111 Å². The second-order valence-electron chi connectivity index (χ2n) is 6.11. The van der Waals surface area contributed by atoms with Crippen LogP contribution in [-0.2, 0) is 4.79 Å². The van der Waals surface area contributed by atoms with Gasteiger partial charge in [-0.3, -0.25) is 4.79 Å². The monoisotopic (exact) mass is 252 g/mol. The third kappa shape index (κ3) is 3.05. The van der Waals surface area contributed by atoms with Crippen LogP contribution in [0.4, 0.5) is 0 Å². The Hall–Kier alpha value is -0.570. The summed E-state index contributed by atoms with van der Waals surface area (Å²) in [7, 11) is 0. The molecule has 3 nitrogen and oxygen atoms in total. The van der Waals surface area contributed by atoms with Crippen molar-refractivity contribution in [2.75, 3.05) is 19.6 Å². The molecule has 1 aliphatic heterocycles. The van der Waals surface area contributed by atoms with E-state index in [2.05, 4.69) is 11.8 Å². The number of likely N-dealkylation sites (tertiary alicyclic amines) is 1. The highest BCUT2D eigenvalue weighted by Crippen LogP contribution is 2.33. The molecule has 1 unspecified atom stereocenters. The molecule has 18 heavy (non-hydrogen) atoms. The van der Waals surface area contributed by atoms with Gasteiger partial charge in [0.2, 0.25) is 5.91 Å². The van der Waals surface area contributed by atoms with Crippen molar-refractivity contribution >= 4 is 5.91 Å². The van der Waals surface area contributed by atoms with E-state index in [0.29, 0.717) is 18.4 Å². The van der Waals surface area contributed by atoms with Crippen LogP contribution in [0.2, 0.25) is 0 Å². The molecule has 0 aromatic carbocycles. The van der Waals surface area contributed by atoms with Crippen molar-refractivity contribution in [1.29, 1.82) is 0 Å². The molecule has 0 bridgehead atoms. The second kappa shape index (κ2) is 6.55. The molecule has 1 saturated carbocycles. The number of rotatable bonds is 4. The summed E-state index contributed by atoms with van der Waals surface area (Å²) in [4.78, 5) is 14.7. The highest BCUT2D eigenvalue weighted by Gasteiger charge is 2.35. The third-order valence-electron chi connectivity index (χ3n) is 4.81. The lowest BCUT2D eigenvalue weighted by molar-refractivity contribution is -0.138. The summed E-state index contributed by atoms with van der Waals surface area (Å²) in [5, 5.41) is 0. The molecule has 1 aliphatic carbocycles. The Balaban J connectivity index is 1.91. The SMILES string of the molecule is CCCC1CCCN(C(=O)[C@@H]2CCC[C@@H]2CN)C1. The highest BCUT2D eigenvalue weighted by atomic mass is 16.2. The Kier molecular flexibility index (Phi) is 5.04. The van der Waals surface area contributed by atoms with Crippen molar-refractivity contribution in [3.8, 4) is 0 Å². The van der Waals surface area contributed by atoms with Crippen LogP contribution >= 0.6 is 0 Å². The van der Waals surface area contributed by atoms with Crippen molar-refractivity contribution in [3.63, 3.8) is 0 Å². The Bertz CT molecular complexity index is 278. The Morgan fingerprint density at radius 2 is 2.11 bits per heavy atom. The zero-order valence-corrected chi connectivity index (χ0v) is 11.7. The summed E-state index contributed by atoms with van der Waals surface area (Å²) < 4.78 is 0. The molecule has 2 N–H and O–H groups in total. The summed E-state index contributed by atoms with van der Waals surface area (Å²) >= 11 is 0. The zero-order chi connectivity index (χ0) is 13.0. The van der Waals surface area contributed by atoms with E-state index in [9.17, 15) is 4.79 Å². The van der Waals surface area contributed by atoms with Crippen LogP contribution in [0.15, 0.2) is 0 Å². The molecule has 1 heterocycles. The molecule has 2 aliphatic rings. The first kappa shape index (κ1) is 13.9. The molecule has 2 rings (SSSR count). The molecule has 2 fully saturated rings. The molecule has 3 atom stereocenters. The van der Waals surface area contributed by atoms with E-state index in [1.165, 1.54) is 32.1 Å². The number of hydrogen-bond acceptors (Lipinski definition) is 2. The number of nitrogens with two attached hydrogens (primary N) is 1. The third-order valence-corrected chi connectivity index (χ3v) is 4.81. The largest absolute Gasteiger partial charge is 0.342 e. The van der Waals surface area contributed by atoms with Gasteiger partial charge in [-0.05, 0) is 50.5 Å². The van der Waals surface area contributed by atoms with Crippen LogP contribution < -0.4 is 5.73 Å². The minimum Gasteiger partial charge on any atom is -0.342 e. The number of piperidine rings is 1. The average molecular weight is 252 g/mol. The van der Waals surface area contributed by atoms with Crippen LogP contribution in [0, 0.1) is 17.8 Å². The molecule has 0 aromatic rings. The number of amides is 1. The van der Waals surface area contributed by atoms with Crippen LogP contribution in [0.25, 0.3) is 0 Å². The highest BCUT2D eigenvalue weighted by molar-refractivity contribution is 5.79. The fourth-order valence-electron chi connectivity index (χ4n) is 3.79. The number of nitrogens with zero attached hydrogens (tertiary/aromatic N) is 1. The van der Waals surface area contributed by atoms with Crippen LogP contribution in [-0.4, -0.2) is 30.4 Å². The minimum atomic E-state index is 0.232. The van der Waals surface area contributed by atoms with Gasteiger partial charge in [0, 0.05) is 19.0 Å². The summed E-state index contributed by atoms with van der Waals surface area (Å²) in [6.45, 7) is 4.90. The first-order valence-corrected chi connectivity index (χ1v) is 7.75. The van der Waals surface area contributed by atoms with E-state index in [4.69, 9.17) is 5.73 Å². The van der Waals surface area contributed by atoms with Gasteiger partial charge in [0.25, 0.3) is 0 Å². The van der Waals surface area contributed by atoms with E-state index in [-0.39, 0.29) is 5.92 Å². The fraction of sp³-hybridized carbons (Fsp3) is 0.933. The van der Waals surface area contributed by atoms with Gasteiger partial charge >= 0.3 is 0 Å². The Morgan fingerprint density at radius 3 is 2.83 bits per heavy atom. The topological polar surface area (TPSA) is 46.3 Å².